The molecule has 0 aromatic carbocycles. The summed E-state index contributed by atoms with van der Waals surface area (Å²) < 4.78 is 0. The molecule has 0 bridgehead atoms. The molecule has 1 spiro atoms. The number of hydrogen-bond acceptors (Lipinski definition) is 2. The molecular weight excluding hydrogens is 380 g/mol. The summed E-state index contributed by atoms with van der Waals surface area (Å²) in [5, 5.41) is 20.1. The fourth-order valence-corrected chi connectivity index (χ4v) is 9.65. The highest BCUT2D eigenvalue weighted by atomic mass is 16.3. The Bertz CT molecular complexity index is 761. The van der Waals surface area contributed by atoms with E-state index in [1.54, 1.807) is 5.57 Å². The Hall–Kier alpha value is -0.600. The van der Waals surface area contributed by atoms with E-state index in [4.69, 9.17) is 0 Å². The number of aliphatic hydroxyl groups is 2. The normalized spacial score (nSPS) is 46.7. The molecule has 2 N–H and O–H groups in total. The second-order valence-corrected chi connectivity index (χ2v) is 12.8. The van der Waals surface area contributed by atoms with Crippen LogP contribution >= 0.6 is 0 Å². The lowest BCUT2D eigenvalue weighted by atomic mass is 9.45. The lowest BCUT2D eigenvalue weighted by Crippen LogP contribution is -2.53. The van der Waals surface area contributed by atoms with Gasteiger partial charge in [-0.15, -0.1) is 0 Å². The molecule has 2 nitrogen and oxygen atoms in total. The van der Waals surface area contributed by atoms with E-state index in [2.05, 4.69) is 32.9 Å². The molecule has 0 aromatic rings. The van der Waals surface area contributed by atoms with Gasteiger partial charge in [0.05, 0.1) is 12.7 Å². The van der Waals surface area contributed by atoms with Gasteiger partial charge in [0.15, 0.2) is 0 Å². The Kier molecular flexibility index (Phi) is 5.53. The summed E-state index contributed by atoms with van der Waals surface area (Å²) in [6.07, 6.45) is 18.9. The summed E-state index contributed by atoms with van der Waals surface area (Å²) in [5.74, 6) is 4.25. The van der Waals surface area contributed by atoms with Crippen molar-refractivity contribution < 1.29 is 10.2 Å². The van der Waals surface area contributed by atoms with E-state index in [1.165, 1.54) is 57.8 Å². The van der Waals surface area contributed by atoms with E-state index >= 15 is 0 Å². The van der Waals surface area contributed by atoms with Crippen molar-refractivity contribution in [2.45, 2.75) is 104 Å². The first-order valence-electron chi connectivity index (χ1n) is 13.4. The van der Waals surface area contributed by atoms with Gasteiger partial charge in [0.1, 0.15) is 0 Å². The van der Waals surface area contributed by atoms with E-state index in [9.17, 15) is 10.2 Å². The van der Waals surface area contributed by atoms with Crippen LogP contribution in [0.15, 0.2) is 23.3 Å². The fraction of sp³-hybridized carbons (Fsp3) is 0.862. The van der Waals surface area contributed by atoms with Crippen LogP contribution in [0.25, 0.3) is 0 Å². The Morgan fingerprint density at radius 2 is 1.87 bits per heavy atom. The highest BCUT2D eigenvalue weighted by Gasteiger charge is 2.65. The van der Waals surface area contributed by atoms with E-state index in [0.29, 0.717) is 10.8 Å². The highest BCUT2D eigenvalue weighted by Crippen LogP contribution is 2.72. The quantitative estimate of drug-likeness (QED) is 0.482. The molecule has 1 unspecified atom stereocenters. The second kappa shape index (κ2) is 7.73. The molecule has 4 saturated carbocycles. The maximum Gasteiger partial charge on any atom is 0.0639 e. The zero-order chi connectivity index (χ0) is 22.0. The molecule has 0 heterocycles. The summed E-state index contributed by atoms with van der Waals surface area (Å²) in [6.45, 7) is 10.0. The lowest BCUT2D eigenvalue weighted by molar-refractivity contribution is -0.0689. The molecule has 31 heavy (non-hydrogen) atoms. The van der Waals surface area contributed by atoms with Crippen molar-refractivity contribution in [2.75, 3.05) is 6.61 Å². The number of hydrogen-bond donors (Lipinski definition) is 2. The minimum atomic E-state index is -0.0718. The number of allylic oxidation sites excluding steroid dienone is 2. The minimum Gasteiger partial charge on any atom is -0.392 e. The number of fused-ring (bicyclic) bond motifs is 6. The Labute approximate surface area is 190 Å². The molecule has 0 aromatic heterocycles. The van der Waals surface area contributed by atoms with Crippen molar-refractivity contribution in [3.63, 3.8) is 0 Å². The van der Waals surface area contributed by atoms with Crippen molar-refractivity contribution >= 4 is 0 Å². The Balaban J connectivity index is 1.34. The minimum absolute atomic E-state index is 0.0718. The van der Waals surface area contributed by atoms with Gasteiger partial charge in [-0.2, -0.15) is 0 Å². The molecule has 0 aliphatic heterocycles. The zero-order valence-electron chi connectivity index (χ0n) is 20.5. The van der Waals surface area contributed by atoms with E-state index in [0.717, 1.165) is 48.0 Å². The van der Waals surface area contributed by atoms with Crippen molar-refractivity contribution in [3.8, 4) is 0 Å². The highest BCUT2D eigenvalue weighted by molar-refractivity contribution is 5.36. The maximum atomic E-state index is 10.8. The zero-order valence-corrected chi connectivity index (χ0v) is 20.5. The summed E-state index contributed by atoms with van der Waals surface area (Å²) in [5.41, 5.74) is 3.87. The molecule has 5 aliphatic rings. The van der Waals surface area contributed by atoms with Gasteiger partial charge in [-0.25, -0.2) is 0 Å². The topological polar surface area (TPSA) is 40.5 Å². The molecule has 5 aliphatic carbocycles. The molecule has 0 saturated heterocycles. The van der Waals surface area contributed by atoms with Crippen LogP contribution in [0.3, 0.4) is 0 Å². The predicted octanol–water partition coefficient (Wildman–Crippen LogP) is 6.67. The van der Waals surface area contributed by atoms with Gasteiger partial charge in [-0.1, -0.05) is 44.1 Å². The van der Waals surface area contributed by atoms with Gasteiger partial charge in [-0.3, -0.25) is 0 Å². The van der Waals surface area contributed by atoms with Crippen LogP contribution in [-0.4, -0.2) is 22.9 Å². The summed E-state index contributed by atoms with van der Waals surface area (Å²) in [4.78, 5) is 0. The Morgan fingerprint density at radius 1 is 1.10 bits per heavy atom. The van der Waals surface area contributed by atoms with Crippen LogP contribution in [0.4, 0.5) is 0 Å². The first-order valence-corrected chi connectivity index (χ1v) is 13.4. The fourth-order valence-electron chi connectivity index (χ4n) is 9.65. The molecule has 2 heteroatoms. The number of rotatable bonds is 5. The van der Waals surface area contributed by atoms with Gasteiger partial charge >= 0.3 is 0 Å². The number of aliphatic hydroxyl groups excluding tert-OH is 2. The largest absolute Gasteiger partial charge is 0.392 e. The van der Waals surface area contributed by atoms with Crippen LogP contribution < -0.4 is 0 Å². The monoisotopic (exact) mass is 426 g/mol. The van der Waals surface area contributed by atoms with Crippen molar-refractivity contribution in [1.29, 1.82) is 0 Å². The smallest absolute Gasteiger partial charge is 0.0639 e. The first-order chi connectivity index (χ1) is 14.8. The third-order valence-corrected chi connectivity index (χ3v) is 11.5. The van der Waals surface area contributed by atoms with Crippen LogP contribution in [0.1, 0.15) is 98.3 Å². The van der Waals surface area contributed by atoms with Crippen LogP contribution in [0, 0.1) is 45.8 Å². The van der Waals surface area contributed by atoms with E-state index in [1.807, 2.05) is 6.92 Å². The van der Waals surface area contributed by atoms with Crippen molar-refractivity contribution in [2.24, 2.45) is 45.8 Å². The molecule has 8 atom stereocenters. The van der Waals surface area contributed by atoms with Crippen LogP contribution in [0.5, 0.6) is 0 Å². The molecule has 0 radical (unpaired) electrons. The Morgan fingerprint density at radius 3 is 2.58 bits per heavy atom. The average molecular weight is 427 g/mol. The lowest BCUT2D eigenvalue weighted by Gasteiger charge is -2.60. The van der Waals surface area contributed by atoms with Crippen LogP contribution in [-0.2, 0) is 0 Å². The third-order valence-electron chi connectivity index (χ3n) is 11.5. The van der Waals surface area contributed by atoms with Crippen molar-refractivity contribution in [3.05, 3.63) is 23.3 Å². The van der Waals surface area contributed by atoms with Crippen LogP contribution in [0.2, 0.25) is 0 Å². The molecule has 0 amide bonds. The van der Waals surface area contributed by atoms with Gasteiger partial charge in [0, 0.05) is 5.41 Å². The summed E-state index contributed by atoms with van der Waals surface area (Å²) in [7, 11) is 0. The first kappa shape index (κ1) is 22.2. The summed E-state index contributed by atoms with van der Waals surface area (Å²) in [6, 6.07) is 0. The third kappa shape index (κ3) is 3.25. The van der Waals surface area contributed by atoms with Gasteiger partial charge in [-0.05, 0) is 118 Å². The predicted molar refractivity (Wildman–Crippen MR) is 127 cm³/mol. The molecular formula is C29H46O2. The second-order valence-electron chi connectivity index (χ2n) is 12.8. The van der Waals surface area contributed by atoms with E-state index in [-0.39, 0.29) is 18.1 Å². The van der Waals surface area contributed by atoms with Gasteiger partial charge < -0.3 is 10.2 Å². The maximum absolute atomic E-state index is 10.8. The van der Waals surface area contributed by atoms with Gasteiger partial charge in [0.2, 0.25) is 0 Å². The summed E-state index contributed by atoms with van der Waals surface area (Å²) >= 11 is 0. The molecule has 4 fully saturated rings. The standard InChI is InChI=1S/C29H46O2/c1-19(18-30)6-5-7-20(2)22-9-10-23-21-8-11-25-28(4,24(21)12-14-27(22,23)3)15-13-26(31)29(25)16-17-29/h6,11,20-24,26,30-31H,5,7-10,12-18H2,1-4H3/t20-,21+,22-,23+,24+,26?,27-,28-/m1/s1. The van der Waals surface area contributed by atoms with Crippen molar-refractivity contribution in [1.82, 2.24) is 0 Å². The SMILES string of the molecule is CC(=CCC[C@@H](C)[C@H]1CC[C@H]2[C@@H]3CC=C4C5(CC5)C(O)CC[C@]4(C)[C@H]3CC[C@]12C)CO. The van der Waals surface area contributed by atoms with E-state index < -0.39 is 0 Å². The molecule has 174 valence electrons. The average Bonchev–Trinajstić information content (AvgIpc) is 3.45. The van der Waals surface area contributed by atoms with Gasteiger partial charge in [0.25, 0.3) is 0 Å². The molecule has 5 rings (SSSR count).